The number of nitrogens with zero attached hydrogens (tertiary/aromatic N) is 1. The van der Waals surface area contributed by atoms with E-state index in [0.29, 0.717) is 24.2 Å². The summed E-state index contributed by atoms with van der Waals surface area (Å²) in [5.74, 6) is -5.06. The third-order valence-corrected chi connectivity index (χ3v) is 5.60. The quantitative estimate of drug-likeness (QED) is 0.403. The van der Waals surface area contributed by atoms with Crippen molar-refractivity contribution in [2.24, 2.45) is 5.92 Å². The predicted octanol–water partition coefficient (Wildman–Crippen LogP) is 1.29. The van der Waals surface area contributed by atoms with Crippen molar-refractivity contribution in [3.63, 3.8) is 0 Å². The summed E-state index contributed by atoms with van der Waals surface area (Å²) in [6, 6.07) is 4.63. The first-order valence-corrected chi connectivity index (χ1v) is 11.3. The van der Waals surface area contributed by atoms with Gasteiger partial charge in [0.25, 0.3) is 0 Å². The van der Waals surface area contributed by atoms with Crippen molar-refractivity contribution in [3.8, 4) is 0 Å². The molecule has 1 aliphatic rings. The Labute approximate surface area is 205 Å². The van der Waals surface area contributed by atoms with Gasteiger partial charge in [0, 0.05) is 24.2 Å². The summed E-state index contributed by atoms with van der Waals surface area (Å²) in [6.07, 6.45) is -4.92. The molecule has 0 aliphatic carbocycles. The molecule has 10 nitrogen and oxygen atoms in total. The number of carbonyl (C=O) groups excluding carboxylic acids is 5. The van der Waals surface area contributed by atoms with Gasteiger partial charge in [0.15, 0.2) is 5.78 Å². The molecule has 0 spiro atoms. The van der Waals surface area contributed by atoms with Crippen LogP contribution in [-0.4, -0.2) is 72.5 Å². The van der Waals surface area contributed by atoms with Crippen LogP contribution in [0.1, 0.15) is 32.3 Å². The van der Waals surface area contributed by atoms with Gasteiger partial charge in [-0.25, -0.2) is 0 Å². The molecule has 0 bridgehead atoms. The number of anilines is 1. The molecule has 1 heterocycles. The first-order valence-electron chi connectivity index (χ1n) is 11.3. The average molecular weight is 515 g/mol. The first kappa shape index (κ1) is 28.8. The van der Waals surface area contributed by atoms with Gasteiger partial charge in [0.2, 0.25) is 11.8 Å². The fourth-order valence-electron chi connectivity index (χ4n) is 3.83. The van der Waals surface area contributed by atoms with Gasteiger partial charge < -0.3 is 20.9 Å². The zero-order valence-electron chi connectivity index (χ0n) is 20.1. The number of aryl methyl sites for hydroxylation is 1. The van der Waals surface area contributed by atoms with Crippen LogP contribution in [-0.2, 0) is 28.7 Å². The van der Waals surface area contributed by atoms with Crippen molar-refractivity contribution in [3.05, 3.63) is 29.8 Å². The Morgan fingerprint density at radius 3 is 2.39 bits per heavy atom. The molecule has 1 saturated heterocycles. The van der Waals surface area contributed by atoms with Gasteiger partial charge >= 0.3 is 18.2 Å². The molecule has 2 atom stereocenters. The molecule has 2 rings (SSSR count). The number of carbonyl (C=O) groups is 5. The summed E-state index contributed by atoms with van der Waals surface area (Å²) < 4.78 is 41.2. The number of nitrogens with one attached hydrogen (secondary N) is 3. The van der Waals surface area contributed by atoms with Crippen molar-refractivity contribution in [1.29, 1.82) is 0 Å². The van der Waals surface area contributed by atoms with E-state index < -0.39 is 61.0 Å². The largest absolute Gasteiger partial charge is 0.522 e. The molecule has 4 amide bonds. The summed E-state index contributed by atoms with van der Waals surface area (Å²) in [7, 11) is 0. The monoisotopic (exact) mass is 514 g/mol. The minimum Gasteiger partial charge on any atom is -0.356 e. The maximum atomic E-state index is 13.0. The van der Waals surface area contributed by atoms with Crippen LogP contribution in [0.2, 0.25) is 0 Å². The van der Waals surface area contributed by atoms with Crippen LogP contribution in [0.15, 0.2) is 24.3 Å². The fraction of sp³-hybridized carbons (Fsp3) is 0.522. The number of ketones is 1. The summed E-state index contributed by atoms with van der Waals surface area (Å²) in [4.78, 5) is 63.2. The van der Waals surface area contributed by atoms with Crippen molar-refractivity contribution >= 4 is 35.1 Å². The molecular formula is C23H29F3N4O6. The molecule has 13 heteroatoms. The lowest BCUT2D eigenvalue weighted by Crippen LogP contribution is -2.54. The van der Waals surface area contributed by atoms with E-state index in [1.807, 2.05) is 0 Å². The third-order valence-electron chi connectivity index (χ3n) is 5.60. The lowest BCUT2D eigenvalue weighted by molar-refractivity contribution is -0.321. The molecule has 1 aliphatic heterocycles. The topological polar surface area (TPSA) is 134 Å². The van der Waals surface area contributed by atoms with Crippen LogP contribution in [0.3, 0.4) is 0 Å². The van der Waals surface area contributed by atoms with E-state index in [9.17, 15) is 37.1 Å². The summed E-state index contributed by atoms with van der Waals surface area (Å²) in [6.45, 7) is 3.09. The molecule has 1 fully saturated rings. The highest BCUT2D eigenvalue weighted by molar-refractivity contribution is 6.40. The van der Waals surface area contributed by atoms with Crippen LogP contribution >= 0.6 is 0 Å². The number of rotatable bonds is 10. The molecule has 2 unspecified atom stereocenters. The Bertz CT molecular complexity index is 998. The van der Waals surface area contributed by atoms with E-state index in [1.165, 1.54) is 13.8 Å². The van der Waals surface area contributed by atoms with E-state index in [4.69, 9.17) is 0 Å². The first-order chi connectivity index (χ1) is 16.8. The zero-order valence-corrected chi connectivity index (χ0v) is 20.1. The third kappa shape index (κ3) is 8.33. The van der Waals surface area contributed by atoms with Gasteiger partial charge in [-0.15, -0.1) is 13.2 Å². The van der Waals surface area contributed by atoms with E-state index in [1.54, 1.807) is 31.2 Å². The van der Waals surface area contributed by atoms with Crippen molar-refractivity contribution in [2.75, 3.05) is 25.0 Å². The molecule has 0 saturated carbocycles. The lowest BCUT2D eigenvalue weighted by Gasteiger charge is -2.35. The Balaban J connectivity index is 2.12. The molecule has 198 valence electrons. The zero-order chi connectivity index (χ0) is 27.0. The van der Waals surface area contributed by atoms with Gasteiger partial charge in [-0.05, 0) is 45.2 Å². The Morgan fingerprint density at radius 1 is 1.17 bits per heavy atom. The van der Waals surface area contributed by atoms with Gasteiger partial charge in [-0.2, -0.15) is 0 Å². The van der Waals surface area contributed by atoms with Crippen molar-refractivity contribution < 1.29 is 41.9 Å². The number of amides is 4. The van der Waals surface area contributed by atoms with Gasteiger partial charge in [-0.1, -0.05) is 18.2 Å². The van der Waals surface area contributed by atoms with Crippen molar-refractivity contribution in [2.45, 2.75) is 52.1 Å². The Hall–Kier alpha value is -3.48. The summed E-state index contributed by atoms with van der Waals surface area (Å²) in [5.41, 5.74) is 1.11. The number of benzene rings is 1. The van der Waals surface area contributed by atoms with Gasteiger partial charge in [0.05, 0.1) is 12.6 Å². The number of ether oxygens (including phenoxy) is 1. The number of Topliss-reactive ketones (excluding diaryl/α,β-unsaturated/α-hetero) is 1. The van der Waals surface area contributed by atoms with E-state index in [2.05, 4.69) is 20.7 Å². The molecule has 0 aromatic heterocycles. The lowest BCUT2D eigenvalue weighted by atomic mass is 9.94. The highest BCUT2D eigenvalue weighted by Crippen LogP contribution is 2.23. The molecule has 3 N–H and O–H groups in total. The highest BCUT2D eigenvalue weighted by atomic mass is 19.4. The highest BCUT2D eigenvalue weighted by Gasteiger charge is 2.39. The summed E-state index contributed by atoms with van der Waals surface area (Å²) in [5, 5.41) is 7.16. The molecule has 1 aromatic rings. The molecule has 1 aromatic carbocycles. The van der Waals surface area contributed by atoms with Crippen LogP contribution in [0.25, 0.3) is 0 Å². The minimum absolute atomic E-state index is 0.211. The predicted molar refractivity (Wildman–Crippen MR) is 121 cm³/mol. The van der Waals surface area contributed by atoms with Crippen LogP contribution in [0.4, 0.5) is 18.9 Å². The second-order valence-electron chi connectivity index (χ2n) is 8.58. The number of para-hydroxylation sites is 1. The number of hydrogen-bond acceptors (Lipinski definition) is 6. The molecule has 36 heavy (non-hydrogen) atoms. The van der Waals surface area contributed by atoms with Gasteiger partial charge in [0.1, 0.15) is 6.61 Å². The van der Waals surface area contributed by atoms with Crippen molar-refractivity contribution in [1.82, 2.24) is 15.5 Å². The second-order valence-corrected chi connectivity index (χ2v) is 8.58. The standard InChI is InChI=1S/C23H29F3N4O6/c1-13(2)30(17(10-15-8-9-27-20(15)33)18(31)12-36-23(24,25)26)19(32)11-28-21(34)22(35)29-16-7-5-4-6-14(16)3/h4-7,13,15,17H,8-12H2,1-3H3,(H,27,33)(H,28,34)(H,29,35). The van der Waals surface area contributed by atoms with Crippen LogP contribution in [0, 0.1) is 12.8 Å². The molecule has 0 radical (unpaired) electrons. The summed E-state index contributed by atoms with van der Waals surface area (Å²) >= 11 is 0. The minimum atomic E-state index is -5.06. The van der Waals surface area contributed by atoms with Crippen LogP contribution in [0.5, 0.6) is 0 Å². The van der Waals surface area contributed by atoms with E-state index in [-0.39, 0.29) is 12.3 Å². The Morgan fingerprint density at radius 2 is 1.83 bits per heavy atom. The van der Waals surface area contributed by atoms with E-state index >= 15 is 0 Å². The normalized spacial score (nSPS) is 16.3. The Kier molecular flexibility index (Phi) is 9.96. The SMILES string of the molecule is Cc1ccccc1NC(=O)C(=O)NCC(=O)N(C(C)C)C(CC1CCNC1=O)C(=O)COC(F)(F)F. The maximum absolute atomic E-state index is 13.0. The smallest absolute Gasteiger partial charge is 0.356 e. The average Bonchev–Trinajstić information content (AvgIpc) is 3.20. The number of alkyl halides is 3. The number of halogens is 3. The fourth-order valence-corrected chi connectivity index (χ4v) is 3.83. The van der Waals surface area contributed by atoms with Crippen LogP contribution < -0.4 is 16.0 Å². The number of hydrogen-bond donors (Lipinski definition) is 3. The second kappa shape index (κ2) is 12.5. The maximum Gasteiger partial charge on any atom is 0.522 e. The van der Waals surface area contributed by atoms with E-state index in [0.717, 1.165) is 4.90 Å². The molecular weight excluding hydrogens is 485 g/mol. The van der Waals surface area contributed by atoms with Gasteiger partial charge in [-0.3, -0.25) is 28.7 Å².